The molecule has 0 radical (unpaired) electrons. The van der Waals surface area contributed by atoms with Crippen molar-refractivity contribution in [2.24, 2.45) is 0 Å². The lowest BCUT2D eigenvalue weighted by molar-refractivity contribution is 0.139. The molecule has 82 valence electrons. The van der Waals surface area contributed by atoms with Crippen LogP contribution in [0.25, 0.3) is 0 Å². The first kappa shape index (κ1) is 10.7. The minimum atomic E-state index is -1.11. The quantitative estimate of drug-likeness (QED) is 0.900. The Morgan fingerprint density at radius 3 is 2.87 bits per heavy atom. The summed E-state index contributed by atoms with van der Waals surface area (Å²) in [6.45, 7) is 0.150. The van der Waals surface area contributed by atoms with Crippen molar-refractivity contribution in [3.05, 3.63) is 22.2 Å². The van der Waals surface area contributed by atoms with Gasteiger partial charge in [0.1, 0.15) is 26.0 Å². The molecule has 1 heterocycles. The summed E-state index contributed by atoms with van der Waals surface area (Å²) in [6, 6.07) is 3.24. The number of ether oxygens (including phenoxy) is 2. The molecule has 0 aromatic heterocycles. The Labute approximate surface area is 94.9 Å². The van der Waals surface area contributed by atoms with E-state index in [9.17, 15) is 9.50 Å². The first-order chi connectivity index (χ1) is 7.22. The van der Waals surface area contributed by atoms with Crippen LogP contribution in [0.15, 0.2) is 16.6 Å². The number of fused-ring (bicyclic) bond motifs is 1. The molecule has 0 amide bonds. The monoisotopic (exact) mass is 276 g/mol. The predicted octanol–water partition coefficient (Wildman–Crippen LogP) is 2.22. The van der Waals surface area contributed by atoms with Crippen molar-refractivity contribution in [3.8, 4) is 11.5 Å². The van der Waals surface area contributed by atoms with Crippen LogP contribution in [0, 0.1) is 0 Å². The van der Waals surface area contributed by atoms with E-state index in [2.05, 4.69) is 15.9 Å². The van der Waals surface area contributed by atoms with Gasteiger partial charge in [-0.15, -0.1) is 0 Å². The molecule has 1 atom stereocenters. The third-order valence-corrected chi connectivity index (χ3v) is 2.74. The number of hydrogen-bond acceptors (Lipinski definition) is 3. The van der Waals surface area contributed by atoms with Gasteiger partial charge in [0, 0.05) is 0 Å². The van der Waals surface area contributed by atoms with E-state index in [1.807, 2.05) is 0 Å². The van der Waals surface area contributed by atoms with Crippen molar-refractivity contribution in [3.63, 3.8) is 0 Å². The Morgan fingerprint density at radius 1 is 1.40 bits per heavy atom. The molecule has 1 N–H and O–H groups in total. The number of hydrogen-bond donors (Lipinski definition) is 1. The van der Waals surface area contributed by atoms with Crippen LogP contribution in [-0.2, 0) is 0 Å². The third-order valence-electron chi connectivity index (χ3n) is 2.15. The first-order valence-electron chi connectivity index (χ1n) is 4.55. The SMILES string of the molecule is OC(CF)c1cc(Br)c2c(c1)OCCO2. The van der Waals surface area contributed by atoms with Crippen molar-refractivity contribution in [2.45, 2.75) is 6.10 Å². The number of rotatable bonds is 2. The number of benzene rings is 1. The summed E-state index contributed by atoms with van der Waals surface area (Å²) in [6.07, 6.45) is -1.11. The second-order valence-electron chi connectivity index (χ2n) is 3.20. The maximum atomic E-state index is 12.3. The Hall–Kier alpha value is -0.810. The fourth-order valence-electron chi connectivity index (χ4n) is 1.41. The van der Waals surface area contributed by atoms with Crippen LogP contribution < -0.4 is 9.47 Å². The molecule has 0 fully saturated rings. The standard InChI is InChI=1S/C10H10BrFO3/c11-7-3-6(8(13)5-12)4-9-10(7)15-2-1-14-9/h3-4,8,13H,1-2,5H2. The summed E-state index contributed by atoms with van der Waals surface area (Å²) >= 11 is 3.29. The van der Waals surface area contributed by atoms with E-state index < -0.39 is 12.8 Å². The van der Waals surface area contributed by atoms with Crippen LogP contribution in [0.3, 0.4) is 0 Å². The fourth-order valence-corrected chi connectivity index (χ4v) is 1.99. The van der Waals surface area contributed by atoms with E-state index in [0.717, 1.165) is 0 Å². The zero-order valence-electron chi connectivity index (χ0n) is 7.87. The van der Waals surface area contributed by atoms with Crippen molar-refractivity contribution in [2.75, 3.05) is 19.9 Å². The van der Waals surface area contributed by atoms with Crippen molar-refractivity contribution >= 4 is 15.9 Å². The summed E-state index contributed by atoms with van der Waals surface area (Å²) < 4.78 is 23.7. The molecule has 1 aliphatic rings. The van der Waals surface area contributed by atoms with Crippen molar-refractivity contribution in [1.82, 2.24) is 0 Å². The van der Waals surface area contributed by atoms with Gasteiger partial charge < -0.3 is 14.6 Å². The van der Waals surface area contributed by atoms with Gasteiger partial charge in [0.25, 0.3) is 0 Å². The molecular formula is C10H10BrFO3. The van der Waals surface area contributed by atoms with Crippen LogP contribution in [0.1, 0.15) is 11.7 Å². The van der Waals surface area contributed by atoms with E-state index in [4.69, 9.17) is 9.47 Å². The summed E-state index contributed by atoms with van der Waals surface area (Å²) in [7, 11) is 0. The Bertz CT molecular complexity index is 370. The number of halogens is 2. The minimum Gasteiger partial charge on any atom is -0.486 e. The highest BCUT2D eigenvalue weighted by molar-refractivity contribution is 9.10. The highest BCUT2D eigenvalue weighted by atomic mass is 79.9. The molecule has 0 saturated carbocycles. The lowest BCUT2D eigenvalue weighted by atomic mass is 10.1. The fraction of sp³-hybridized carbons (Fsp3) is 0.400. The molecule has 1 aromatic rings. The van der Waals surface area contributed by atoms with Crippen molar-refractivity contribution in [1.29, 1.82) is 0 Å². The van der Waals surface area contributed by atoms with Gasteiger partial charge in [-0.25, -0.2) is 4.39 Å². The highest BCUT2D eigenvalue weighted by Gasteiger charge is 2.18. The van der Waals surface area contributed by atoms with Gasteiger partial charge in [0.15, 0.2) is 11.5 Å². The Kier molecular flexibility index (Phi) is 3.11. The molecule has 0 spiro atoms. The maximum absolute atomic E-state index is 12.3. The summed E-state index contributed by atoms with van der Waals surface area (Å²) in [5, 5.41) is 9.36. The average Bonchev–Trinajstić information content (AvgIpc) is 2.28. The van der Waals surface area contributed by atoms with Gasteiger partial charge in [-0.2, -0.15) is 0 Å². The topological polar surface area (TPSA) is 38.7 Å². The molecule has 0 bridgehead atoms. The zero-order valence-corrected chi connectivity index (χ0v) is 9.46. The normalized spacial score (nSPS) is 16.2. The Balaban J connectivity index is 2.40. The second kappa shape index (κ2) is 4.37. The van der Waals surface area contributed by atoms with Gasteiger partial charge in [-0.1, -0.05) is 0 Å². The third kappa shape index (κ3) is 2.08. The lowest BCUT2D eigenvalue weighted by Crippen LogP contribution is -2.16. The van der Waals surface area contributed by atoms with E-state index in [1.165, 1.54) is 0 Å². The molecule has 1 aliphatic heterocycles. The van der Waals surface area contributed by atoms with Gasteiger partial charge >= 0.3 is 0 Å². The summed E-state index contributed by atoms with van der Waals surface area (Å²) in [5.41, 5.74) is 0.480. The van der Waals surface area contributed by atoms with Crippen molar-refractivity contribution < 1.29 is 19.0 Å². The van der Waals surface area contributed by atoms with Gasteiger partial charge in [0.2, 0.25) is 0 Å². The first-order valence-corrected chi connectivity index (χ1v) is 5.34. The highest BCUT2D eigenvalue weighted by Crippen LogP contribution is 2.39. The van der Waals surface area contributed by atoms with Crippen LogP contribution >= 0.6 is 15.9 Å². The van der Waals surface area contributed by atoms with Gasteiger partial charge in [-0.3, -0.25) is 0 Å². The summed E-state index contributed by atoms with van der Waals surface area (Å²) in [5.74, 6) is 1.15. The van der Waals surface area contributed by atoms with E-state index in [1.54, 1.807) is 12.1 Å². The van der Waals surface area contributed by atoms with Crippen LogP contribution in [0.4, 0.5) is 4.39 Å². The smallest absolute Gasteiger partial charge is 0.175 e. The molecular weight excluding hydrogens is 267 g/mol. The van der Waals surface area contributed by atoms with E-state index >= 15 is 0 Å². The number of aliphatic hydroxyl groups is 1. The average molecular weight is 277 g/mol. The van der Waals surface area contributed by atoms with Gasteiger partial charge in [-0.05, 0) is 33.6 Å². The number of alkyl halides is 1. The zero-order chi connectivity index (χ0) is 10.8. The van der Waals surface area contributed by atoms with Crippen LogP contribution in [0.5, 0.6) is 11.5 Å². The van der Waals surface area contributed by atoms with E-state index in [0.29, 0.717) is 34.7 Å². The largest absolute Gasteiger partial charge is 0.486 e. The summed E-state index contributed by atoms with van der Waals surface area (Å²) in [4.78, 5) is 0. The molecule has 1 unspecified atom stereocenters. The number of aliphatic hydroxyl groups excluding tert-OH is 1. The maximum Gasteiger partial charge on any atom is 0.175 e. The molecule has 1 aromatic carbocycles. The van der Waals surface area contributed by atoms with Gasteiger partial charge in [0.05, 0.1) is 4.47 Å². The molecule has 0 saturated heterocycles. The molecule has 0 aliphatic carbocycles. The molecule has 2 rings (SSSR count). The lowest BCUT2D eigenvalue weighted by Gasteiger charge is -2.21. The van der Waals surface area contributed by atoms with Crippen LogP contribution in [0.2, 0.25) is 0 Å². The second-order valence-corrected chi connectivity index (χ2v) is 4.05. The van der Waals surface area contributed by atoms with E-state index in [-0.39, 0.29) is 0 Å². The molecule has 15 heavy (non-hydrogen) atoms. The molecule has 5 heteroatoms. The Morgan fingerprint density at radius 2 is 2.13 bits per heavy atom. The van der Waals surface area contributed by atoms with Crippen LogP contribution in [-0.4, -0.2) is 25.0 Å². The predicted molar refractivity (Wildman–Crippen MR) is 56.1 cm³/mol. The molecule has 3 nitrogen and oxygen atoms in total. The minimum absolute atomic E-state index is 0.467.